The zero-order chi connectivity index (χ0) is 17.6. The smallest absolute Gasteiger partial charge is 0.345 e. The van der Waals surface area contributed by atoms with Gasteiger partial charge >= 0.3 is 5.63 Å². The van der Waals surface area contributed by atoms with E-state index in [1.54, 1.807) is 43.4 Å². The van der Waals surface area contributed by atoms with Gasteiger partial charge in [-0.3, -0.25) is 4.79 Å². The van der Waals surface area contributed by atoms with Gasteiger partial charge in [0.2, 0.25) is 0 Å². The van der Waals surface area contributed by atoms with Crippen molar-refractivity contribution in [1.82, 2.24) is 0 Å². The Kier molecular flexibility index (Phi) is 3.82. The largest absolute Gasteiger partial charge is 0.422 e. The fourth-order valence-electron chi connectivity index (χ4n) is 2.71. The summed E-state index contributed by atoms with van der Waals surface area (Å²) in [6.45, 7) is 0. The minimum Gasteiger partial charge on any atom is -0.422 e. The second kappa shape index (κ2) is 6.02. The number of hydrogen-bond acceptors (Lipinski definition) is 4. The van der Waals surface area contributed by atoms with Crippen LogP contribution in [0, 0.1) is 0 Å². The van der Waals surface area contributed by atoms with E-state index >= 15 is 0 Å². The molecular formula is C19H12ClNO3S. The second-order valence-electron chi connectivity index (χ2n) is 5.58. The molecule has 0 aliphatic heterocycles. The fourth-order valence-corrected chi connectivity index (χ4v) is 4.05. The lowest BCUT2D eigenvalue weighted by Gasteiger charge is -2.16. The predicted molar refractivity (Wildman–Crippen MR) is 102 cm³/mol. The van der Waals surface area contributed by atoms with Gasteiger partial charge in [-0.15, -0.1) is 11.3 Å². The molecule has 124 valence electrons. The highest BCUT2D eigenvalue weighted by Crippen LogP contribution is 2.31. The summed E-state index contributed by atoms with van der Waals surface area (Å²) in [5, 5.41) is 1.80. The Morgan fingerprint density at radius 3 is 2.68 bits per heavy atom. The molecule has 0 fully saturated rings. The lowest BCUT2D eigenvalue weighted by Crippen LogP contribution is -2.25. The van der Waals surface area contributed by atoms with Crippen LogP contribution in [0.5, 0.6) is 0 Å². The number of hydrogen-bond donors (Lipinski definition) is 0. The third kappa shape index (κ3) is 2.71. The zero-order valence-electron chi connectivity index (χ0n) is 13.2. The molecule has 0 saturated carbocycles. The van der Waals surface area contributed by atoms with Crippen LogP contribution in [0.2, 0.25) is 5.02 Å². The molecule has 0 bridgehead atoms. The van der Waals surface area contributed by atoms with Crippen LogP contribution in [-0.2, 0) is 0 Å². The SMILES string of the molecule is CN(C(=O)c1cc2c(=O)oc3ccccc3c2s1)c1cccc(Cl)c1. The second-order valence-corrected chi connectivity index (χ2v) is 7.07. The molecule has 0 spiro atoms. The average molecular weight is 370 g/mol. The van der Waals surface area contributed by atoms with Gasteiger partial charge in [0, 0.05) is 23.1 Å². The Hall–Kier alpha value is -2.63. The van der Waals surface area contributed by atoms with Crippen LogP contribution >= 0.6 is 22.9 Å². The molecule has 25 heavy (non-hydrogen) atoms. The van der Waals surface area contributed by atoms with Crippen molar-refractivity contribution in [3.63, 3.8) is 0 Å². The number of rotatable bonds is 2. The number of halogens is 1. The van der Waals surface area contributed by atoms with E-state index in [0.717, 1.165) is 10.1 Å². The monoisotopic (exact) mass is 369 g/mol. The predicted octanol–water partition coefficient (Wildman–Crippen LogP) is 4.94. The van der Waals surface area contributed by atoms with Crippen molar-refractivity contribution in [2.45, 2.75) is 0 Å². The maximum Gasteiger partial charge on any atom is 0.345 e. The highest BCUT2D eigenvalue weighted by Gasteiger charge is 2.19. The fraction of sp³-hybridized carbons (Fsp3) is 0.0526. The molecular weight excluding hydrogens is 358 g/mol. The molecule has 6 heteroatoms. The number of amides is 1. The molecule has 2 aromatic heterocycles. The number of carbonyl (C=O) groups is 1. The summed E-state index contributed by atoms with van der Waals surface area (Å²) in [5.74, 6) is -0.202. The molecule has 0 N–H and O–H groups in total. The van der Waals surface area contributed by atoms with Crippen LogP contribution in [0.25, 0.3) is 21.1 Å². The van der Waals surface area contributed by atoms with E-state index in [2.05, 4.69) is 0 Å². The summed E-state index contributed by atoms with van der Waals surface area (Å²) < 4.78 is 6.10. The van der Waals surface area contributed by atoms with E-state index in [9.17, 15) is 9.59 Å². The topological polar surface area (TPSA) is 50.5 Å². The molecule has 0 saturated heterocycles. The highest BCUT2D eigenvalue weighted by molar-refractivity contribution is 7.21. The van der Waals surface area contributed by atoms with Gasteiger partial charge in [0.1, 0.15) is 5.58 Å². The van der Waals surface area contributed by atoms with Gasteiger partial charge in [-0.05, 0) is 36.4 Å². The summed E-state index contributed by atoms with van der Waals surface area (Å²) in [7, 11) is 1.68. The molecule has 0 unspecified atom stereocenters. The summed E-state index contributed by atoms with van der Waals surface area (Å²) in [6, 6.07) is 16.0. The molecule has 4 aromatic rings. The number of thiophene rings is 1. The highest BCUT2D eigenvalue weighted by atomic mass is 35.5. The number of benzene rings is 2. The van der Waals surface area contributed by atoms with Gasteiger partial charge in [-0.2, -0.15) is 0 Å². The molecule has 2 heterocycles. The van der Waals surface area contributed by atoms with E-state index in [-0.39, 0.29) is 5.91 Å². The first-order valence-corrected chi connectivity index (χ1v) is 8.73. The lowest BCUT2D eigenvalue weighted by molar-refractivity contribution is 0.0997. The van der Waals surface area contributed by atoms with Crippen molar-refractivity contribution in [3.8, 4) is 0 Å². The van der Waals surface area contributed by atoms with Crippen LogP contribution in [0.15, 0.2) is 63.8 Å². The molecule has 2 aromatic carbocycles. The van der Waals surface area contributed by atoms with Crippen molar-refractivity contribution in [2.24, 2.45) is 0 Å². The molecule has 0 aliphatic rings. The Morgan fingerprint density at radius 2 is 1.88 bits per heavy atom. The molecule has 0 aliphatic carbocycles. The summed E-state index contributed by atoms with van der Waals surface area (Å²) >= 11 is 7.29. The minimum absolute atomic E-state index is 0.202. The first-order chi connectivity index (χ1) is 12.0. The third-order valence-corrected chi connectivity index (χ3v) is 5.39. The first kappa shape index (κ1) is 15.9. The molecule has 4 nitrogen and oxygen atoms in total. The maximum atomic E-state index is 12.8. The van der Waals surface area contributed by atoms with E-state index in [1.807, 2.05) is 18.2 Å². The molecule has 1 amide bonds. The summed E-state index contributed by atoms with van der Waals surface area (Å²) in [6.07, 6.45) is 0. The number of carbonyl (C=O) groups excluding carboxylic acids is 1. The lowest BCUT2D eigenvalue weighted by atomic mass is 10.2. The standard InChI is InChI=1S/C19H12ClNO3S/c1-21(12-6-4-5-11(20)9-12)18(22)16-10-14-17(25-16)13-7-2-3-8-15(13)24-19(14)23/h2-10H,1H3. The quantitative estimate of drug-likeness (QED) is 0.470. The van der Waals surface area contributed by atoms with Gasteiger partial charge in [0.05, 0.1) is 15.0 Å². The van der Waals surface area contributed by atoms with E-state index in [1.165, 1.54) is 16.2 Å². The van der Waals surface area contributed by atoms with Crippen LogP contribution < -0.4 is 10.5 Å². The Morgan fingerprint density at radius 1 is 1.08 bits per heavy atom. The van der Waals surface area contributed by atoms with Crippen LogP contribution in [0.4, 0.5) is 5.69 Å². The van der Waals surface area contributed by atoms with E-state index in [4.69, 9.17) is 16.0 Å². The Balaban J connectivity index is 1.84. The Bertz CT molecular complexity index is 1180. The first-order valence-electron chi connectivity index (χ1n) is 7.53. The molecule has 0 radical (unpaired) electrons. The molecule has 0 atom stereocenters. The summed E-state index contributed by atoms with van der Waals surface area (Å²) in [4.78, 5) is 27.0. The third-order valence-electron chi connectivity index (χ3n) is 4.00. The molecule has 4 rings (SSSR count). The van der Waals surface area contributed by atoms with Gasteiger partial charge in [-0.1, -0.05) is 29.8 Å². The van der Waals surface area contributed by atoms with Crippen molar-refractivity contribution in [1.29, 1.82) is 0 Å². The van der Waals surface area contributed by atoms with Crippen LogP contribution in [-0.4, -0.2) is 13.0 Å². The van der Waals surface area contributed by atoms with Crippen molar-refractivity contribution < 1.29 is 9.21 Å². The van der Waals surface area contributed by atoms with Crippen molar-refractivity contribution >= 4 is 55.6 Å². The number of para-hydroxylation sites is 1. The summed E-state index contributed by atoms with van der Waals surface area (Å²) in [5.41, 5.74) is 0.769. The average Bonchev–Trinajstić information content (AvgIpc) is 3.07. The van der Waals surface area contributed by atoms with Crippen LogP contribution in [0.1, 0.15) is 9.67 Å². The van der Waals surface area contributed by atoms with E-state index < -0.39 is 5.63 Å². The van der Waals surface area contributed by atoms with Gasteiger partial charge in [0.25, 0.3) is 5.91 Å². The van der Waals surface area contributed by atoms with Crippen LogP contribution in [0.3, 0.4) is 0 Å². The van der Waals surface area contributed by atoms with Crippen molar-refractivity contribution in [3.05, 3.63) is 74.9 Å². The number of anilines is 1. The van der Waals surface area contributed by atoms with Gasteiger partial charge in [-0.25, -0.2) is 4.79 Å². The van der Waals surface area contributed by atoms with Gasteiger partial charge < -0.3 is 9.32 Å². The minimum atomic E-state index is -0.436. The maximum absolute atomic E-state index is 12.8. The zero-order valence-corrected chi connectivity index (χ0v) is 14.7. The van der Waals surface area contributed by atoms with E-state index in [0.29, 0.717) is 26.6 Å². The van der Waals surface area contributed by atoms with Gasteiger partial charge in [0.15, 0.2) is 0 Å². The Labute approximate surface area is 151 Å². The number of fused-ring (bicyclic) bond motifs is 3. The number of nitrogens with zero attached hydrogens (tertiary/aromatic N) is 1. The normalized spacial score (nSPS) is 11.1. The van der Waals surface area contributed by atoms with Crippen molar-refractivity contribution in [2.75, 3.05) is 11.9 Å².